The topological polar surface area (TPSA) is 105 Å². The number of rotatable bonds is 4. The van der Waals surface area contributed by atoms with Gasteiger partial charge in [-0.2, -0.15) is 0 Å². The van der Waals surface area contributed by atoms with E-state index in [0.717, 1.165) is 0 Å². The van der Waals surface area contributed by atoms with E-state index in [1.165, 1.54) is 43.3 Å². The van der Waals surface area contributed by atoms with Gasteiger partial charge in [-0.3, -0.25) is 14.9 Å². The van der Waals surface area contributed by atoms with Crippen molar-refractivity contribution in [3.63, 3.8) is 0 Å². The van der Waals surface area contributed by atoms with Gasteiger partial charge in [0.15, 0.2) is 11.5 Å². The van der Waals surface area contributed by atoms with Crippen molar-refractivity contribution in [2.24, 2.45) is 10.2 Å². The molecule has 0 amide bonds. The van der Waals surface area contributed by atoms with Crippen LogP contribution in [0, 0.1) is 10.1 Å². The van der Waals surface area contributed by atoms with Crippen LogP contribution in [0.5, 0.6) is 5.75 Å². The highest BCUT2D eigenvalue weighted by Gasteiger charge is 2.12. The van der Waals surface area contributed by atoms with Crippen molar-refractivity contribution < 1.29 is 14.8 Å². The minimum atomic E-state index is -0.567. The summed E-state index contributed by atoms with van der Waals surface area (Å²) in [6.07, 6.45) is 0. The van der Waals surface area contributed by atoms with Crippen molar-refractivity contribution in [1.29, 1.82) is 0 Å². The number of para-hydroxylation sites is 1. The van der Waals surface area contributed by atoms with Crippen LogP contribution in [0.25, 0.3) is 0 Å². The van der Waals surface area contributed by atoms with E-state index in [2.05, 4.69) is 10.2 Å². The van der Waals surface area contributed by atoms with Crippen LogP contribution in [0.1, 0.15) is 17.3 Å². The third-order valence-corrected chi connectivity index (χ3v) is 2.70. The third-order valence-electron chi connectivity index (χ3n) is 2.70. The lowest BCUT2D eigenvalue weighted by molar-refractivity contribution is -0.384. The van der Waals surface area contributed by atoms with Gasteiger partial charge in [-0.15, -0.1) is 10.2 Å². The predicted octanol–water partition coefficient (Wildman–Crippen LogP) is 3.92. The quantitative estimate of drug-likeness (QED) is 0.397. The number of benzene rings is 2. The second-order valence-electron chi connectivity index (χ2n) is 4.20. The molecule has 2 aromatic carbocycles. The zero-order valence-electron chi connectivity index (χ0n) is 11.1. The minimum absolute atomic E-state index is 0.0698. The van der Waals surface area contributed by atoms with Crippen molar-refractivity contribution in [3.05, 3.63) is 58.1 Å². The maximum Gasteiger partial charge on any atom is 0.296 e. The Bertz CT molecular complexity index is 741. The maximum absolute atomic E-state index is 11.5. The number of ketones is 1. The Morgan fingerprint density at radius 1 is 1.14 bits per heavy atom. The van der Waals surface area contributed by atoms with Crippen LogP contribution < -0.4 is 0 Å². The molecule has 7 nitrogen and oxygen atoms in total. The number of nitrogens with zero attached hydrogens (tertiary/aromatic N) is 3. The Balaban J connectivity index is 2.45. The van der Waals surface area contributed by atoms with E-state index in [0.29, 0.717) is 0 Å². The molecule has 21 heavy (non-hydrogen) atoms. The first-order chi connectivity index (χ1) is 9.99. The number of phenolic OH excluding ortho intramolecular Hbond substituents is 1. The molecule has 0 spiro atoms. The molecule has 2 rings (SSSR count). The van der Waals surface area contributed by atoms with Gasteiger partial charge in [-0.05, 0) is 25.1 Å². The van der Waals surface area contributed by atoms with Gasteiger partial charge in [0.05, 0.1) is 4.92 Å². The average molecular weight is 285 g/mol. The molecule has 0 aliphatic rings. The number of carbonyl (C=O) groups is 1. The molecule has 1 N–H and O–H groups in total. The Morgan fingerprint density at radius 2 is 1.81 bits per heavy atom. The highest BCUT2D eigenvalue weighted by Crippen LogP contribution is 2.30. The Hall–Kier alpha value is -3.09. The van der Waals surface area contributed by atoms with Crippen LogP contribution in [-0.4, -0.2) is 15.8 Å². The lowest BCUT2D eigenvalue weighted by Crippen LogP contribution is -1.91. The predicted molar refractivity (Wildman–Crippen MR) is 75.4 cm³/mol. The number of phenols is 1. The standard InChI is InChI=1S/C14H11N3O4/c1-9(18)11-7-6-10(19)8-13(11)16-15-12-4-2-3-5-14(12)17(20)21/h2-8,19H,1H3. The van der Waals surface area contributed by atoms with Gasteiger partial charge in [0.25, 0.3) is 5.69 Å². The van der Waals surface area contributed by atoms with Crippen molar-refractivity contribution in [3.8, 4) is 5.75 Å². The van der Waals surface area contributed by atoms with Crippen LogP contribution in [-0.2, 0) is 0 Å². The largest absolute Gasteiger partial charge is 0.508 e. The molecule has 0 radical (unpaired) electrons. The summed E-state index contributed by atoms with van der Waals surface area (Å²) in [5.74, 6) is -0.317. The zero-order valence-corrected chi connectivity index (χ0v) is 11.1. The van der Waals surface area contributed by atoms with Crippen LogP contribution in [0.3, 0.4) is 0 Å². The van der Waals surface area contributed by atoms with E-state index in [1.807, 2.05) is 0 Å². The molecule has 7 heteroatoms. The molecule has 0 heterocycles. The first-order valence-corrected chi connectivity index (χ1v) is 5.98. The number of hydrogen-bond donors (Lipinski definition) is 1. The Kier molecular flexibility index (Phi) is 4.03. The molecule has 0 unspecified atom stereocenters. The van der Waals surface area contributed by atoms with Crippen LogP contribution in [0.2, 0.25) is 0 Å². The molecule has 2 aromatic rings. The van der Waals surface area contributed by atoms with Gasteiger partial charge in [-0.25, -0.2) is 0 Å². The van der Waals surface area contributed by atoms with Gasteiger partial charge in [0.2, 0.25) is 0 Å². The lowest BCUT2D eigenvalue weighted by Gasteiger charge is -2.01. The number of carbonyl (C=O) groups excluding carboxylic acids is 1. The van der Waals surface area contributed by atoms with Crippen molar-refractivity contribution >= 4 is 22.8 Å². The normalized spacial score (nSPS) is 10.7. The number of nitro groups is 1. The summed E-state index contributed by atoms with van der Waals surface area (Å²) in [6.45, 7) is 1.36. The van der Waals surface area contributed by atoms with E-state index in [4.69, 9.17) is 0 Å². The monoisotopic (exact) mass is 285 g/mol. The Morgan fingerprint density at radius 3 is 2.48 bits per heavy atom. The van der Waals surface area contributed by atoms with E-state index in [-0.39, 0.29) is 34.2 Å². The minimum Gasteiger partial charge on any atom is -0.508 e. The molecule has 0 saturated carbocycles. The smallest absolute Gasteiger partial charge is 0.296 e. The molecular formula is C14H11N3O4. The van der Waals surface area contributed by atoms with Gasteiger partial charge in [0, 0.05) is 17.7 Å². The highest BCUT2D eigenvalue weighted by atomic mass is 16.6. The average Bonchev–Trinajstić information content (AvgIpc) is 2.45. The van der Waals surface area contributed by atoms with Crippen molar-refractivity contribution in [2.75, 3.05) is 0 Å². The number of Topliss-reactive ketones (excluding diaryl/α,β-unsaturated/α-hetero) is 1. The SMILES string of the molecule is CC(=O)c1ccc(O)cc1N=Nc1ccccc1[N+](=O)[O-]. The fraction of sp³-hybridized carbons (Fsp3) is 0.0714. The molecule has 0 aliphatic carbocycles. The maximum atomic E-state index is 11.5. The number of aromatic hydroxyl groups is 1. The van der Waals surface area contributed by atoms with E-state index >= 15 is 0 Å². The summed E-state index contributed by atoms with van der Waals surface area (Å²) < 4.78 is 0. The number of nitro benzene ring substituents is 1. The molecule has 0 fully saturated rings. The van der Waals surface area contributed by atoms with Crippen molar-refractivity contribution in [1.82, 2.24) is 0 Å². The molecule has 0 saturated heterocycles. The molecule has 106 valence electrons. The van der Waals surface area contributed by atoms with E-state index < -0.39 is 4.92 Å². The summed E-state index contributed by atoms with van der Waals surface area (Å²) in [4.78, 5) is 21.8. The fourth-order valence-electron chi connectivity index (χ4n) is 1.71. The summed E-state index contributed by atoms with van der Waals surface area (Å²) in [5, 5.41) is 28.0. The second-order valence-corrected chi connectivity index (χ2v) is 4.20. The Labute approximate surface area is 119 Å². The number of hydrogen-bond acceptors (Lipinski definition) is 6. The third kappa shape index (κ3) is 3.27. The van der Waals surface area contributed by atoms with Gasteiger partial charge in [-0.1, -0.05) is 12.1 Å². The van der Waals surface area contributed by atoms with Crippen LogP contribution >= 0.6 is 0 Å². The summed E-state index contributed by atoms with van der Waals surface area (Å²) in [6, 6.07) is 9.92. The summed E-state index contributed by atoms with van der Waals surface area (Å²) in [5.41, 5.74) is 0.307. The molecular weight excluding hydrogens is 274 g/mol. The number of azo groups is 1. The summed E-state index contributed by atoms with van der Waals surface area (Å²) >= 11 is 0. The van der Waals surface area contributed by atoms with Gasteiger partial charge in [0.1, 0.15) is 11.4 Å². The van der Waals surface area contributed by atoms with Crippen LogP contribution in [0.15, 0.2) is 52.7 Å². The van der Waals surface area contributed by atoms with E-state index in [1.54, 1.807) is 6.07 Å². The molecule has 0 aliphatic heterocycles. The fourth-order valence-corrected chi connectivity index (χ4v) is 1.71. The van der Waals surface area contributed by atoms with Gasteiger partial charge >= 0.3 is 0 Å². The van der Waals surface area contributed by atoms with Crippen molar-refractivity contribution in [2.45, 2.75) is 6.92 Å². The van der Waals surface area contributed by atoms with Gasteiger partial charge < -0.3 is 5.11 Å². The molecule has 0 bridgehead atoms. The zero-order chi connectivity index (χ0) is 15.4. The van der Waals surface area contributed by atoms with E-state index in [9.17, 15) is 20.0 Å². The second kappa shape index (κ2) is 5.91. The first-order valence-electron chi connectivity index (χ1n) is 5.98. The van der Waals surface area contributed by atoms with Crippen LogP contribution in [0.4, 0.5) is 17.1 Å². The first kappa shape index (κ1) is 14.3. The lowest BCUT2D eigenvalue weighted by atomic mass is 10.1. The molecule has 0 atom stereocenters. The summed E-state index contributed by atoms with van der Waals surface area (Å²) in [7, 11) is 0. The molecule has 0 aromatic heterocycles. The highest BCUT2D eigenvalue weighted by molar-refractivity contribution is 5.99.